The lowest BCUT2D eigenvalue weighted by Crippen LogP contribution is -2.59. The molecule has 0 aromatic carbocycles. The van der Waals surface area contributed by atoms with Crippen molar-refractivity contribution in [3.63, 3.8) is 0 Å². The second-order valence-corrected chi connectivity index (χ2v) is 17.3. The summed E-state index contributed by atoms with van der Waals surface area (Å²) in [5, 5.41) is 19.2. The second kappa shape index (κ2) is 5.72. The van der Waals surface area contributed by atoms with E-state index in [9.17, 15) is 10.2 Å². The zero-order chi connectivity index (χ0) is 14.8. The molecule has 2 N–H and O–H groups in total. The van der Waals surface area contributed by atoms with Gasteiger partial charge in [-0.15, -0.1) is 0 Å². The summed E-state index contributed by atoms with van der Waals surface area (Å²) < 4.78 is 4.28. The van der Waals surface area contributed by atoms with Gasteiger partial charge in [0.25, 0.3) is 0 Å². The Morgan fingerprint density at radius 3 is 1.74 bits per heavy atom. The third-order valence-corrected chi connectivity index (χ3v) is 11.0. The molecule has 0 saturated carbocycles. The molecule has 1 aromatic heterocycles. The van der Waals surface area contributed by atoms with E-state index in [0.29, 0.717) is 6.54 Å². The first-order chi connectivity index (χ1) is 8.53. The Kier molecular flexibility index (Phi) is 4.92. The highest BCUT2D eigenvalue weighted by Gasteiger charge is 2.33. The van der Waals surface area contributed by atoms with Gasteiger partial charge in [-0.1, -0.05) is 39.3 Å². The Labute approximate surface area is 118 Å². The highest BCUT2D eigenvalue weighted by atomic mass is 28.4. The highest BCUT2D eigenvalue weighted by Crippen LogP contribution is 2.23. The predicted molar refractivity (Wildman–Crippen MR) is 85.8 cm³/mol. The van der Waals surface area contributed by atoms with Gasteiger partial charge in [-0.05, 0) is 13.0 Å². The van der Waals surface area contributed by atoms with Gasteiger partial charge >= 0.3 is 0 Å². The summed E-state index contributed by atoms with van der Waals surface area (Å²) >= 11 is 0. The van der Waals surface area contributed by atoms with E-state index in [0.717, 1.165) is 13.0 Å². The minimum atomic E-state index is -1.31. The molecule has 0 spiro atoms. The van der Waals surface area contributed by atoms with Crippen LogP contribution in [0, 0.1) is 0 Å². The number of rotatable bonds is 6. The van der Waals surface area contributed by atoms with Crippen LogP contribution in [0.1, 0.15) is 6.42 Å². The van der Waals surface area contributed by atoms with E-state index in [1.165, 1.54) is 12.1 Å². The fourth-order valence-electron chi connectivity index (χ4n) is 2.74. The first-order valence-corrected chi connectivity index (χ1v) is 13.8. The molecule has 0 bridgehead atoms. The molecule has 0 amide bonds. The van der Waals surface area contributed by atoms with E-state index in [4.69, 9.17) is 0 Å². The summed E-state index contributed by atoms with van der Waals surface area (Å²) in [5.74, 6) is 0.287. The third-order valence-electron chi connectivity index (χ3n) is 3.32. The van der Waals surface area contributed by atoms with Gasteiger partial charge in [-0.2, -0.15) is 0 Å². The molecule has 1 rings (SSSR count). The smallest absolute Gasteiger partial charge is 0.193 e. The van der Waals surface area contributed by atoms with E-state index >= 15 is 0 Å². The lowest BCUT2D eigenvalue weighted by Gasteiger charge is -2.43. The molecule has 0 aliphatic heterocycles. The lowest BCUT2D eigenvalue weighted by atomic mass is 10.4. The molecule has 0 atom stereocenters. The lowest BCUT2D eigenvalue weighted by molar-refractivity contribution is 0.360. The molecule has 0 aliphatic carbocycles. The summed E-state index contributed by atoms with van der Waals surface area (Å²) in [4.78, 5) is 0. The van der Waals surface area contributed by atoms with Crippen LogP contribution in [0.4, 0.5) is 0 Å². The fraction of sp³-hybridized carbons (Fsp3) is 0.692. The zero-order valence-electron chi connectivity index (χ0n) is 13.1. The van der Waals surface area contributed by atoms with Gasteiger partial charge < -0.3 is 14.4 Å². The van der Waals surface area contributed by atoms with Crippen LogP contribution in [-0.4, -0.2) is 42.0 Å². The summed E-state index contributed by atoms with van der Waals surface area (Å²) in [5.41, 5.74) is 0. The van der Waals surface area contributed by atoms with E-state index in [-0.39, 0.29) is 11.8 Å². The molecule has 110 valence electrons. The third kappa shape index (κ3) is 4.40. The Balaban J connectivity index is 2.64. The molecule has 0 saturated heterocycles. The van der Waals surface area contributed by atoms with E-state index in [1.807, 2.05) is 0 Å². The maximum absolute atomic E-state index is 9.62. The molecule has 0 fully saturated rings. The molecule has 1 heterocycles. The monoisotopic (exact) mass is 300 g/mol. The Bertz CT molecular complexity index is 386. The minimum Gasteiger partial charge on any atom is -0.494 e. The summed E-state index contributed by atoms with van der Waals surface area (Å²) in [7, 11) is -2.62. The quantitative estimate of drug-likeness (QED) is 0.793. The average molecular weight is 301 g/mol. The van der Waals surface area contributed by atoms with Crippen molar-refractivity contribution >= 4 is 16.5 Å². The topological polar surface area (TPSA) is 48.6 Å². The van der Waals surface area contributed by atoms with Crippen molar-refractivity contribution in [2.24, 2.45) is 0 Å². The molecule has 1 aromatic rings. The average Bonchev–Trinajstić information content (AvgIpc) is 2.51. The summed E-state index contributed by atoms with van der Waals surface area (Å²) in [6.45, 7) is 16.0. The Hall–Kier alpha value is -0.726. The molecule has 6 heteroatoms. The van der Waals surface area contributed by atoms with Crippen molar-refractivity contribution in [1.29, 1.82) is 0 Å². The van der Waals surface area contributed by atoms with Crippen LogP contribution in [0.2, 0.25) is 39.3 Å². The molecular weight excluding hydrogens is 272 g/mol. The van der Waals surface area contributed by atoms with Crippen molar-refractivity contribution in [3.05, 3.63) is 12.1 Å². The van der Waals surface area contributed by atoms with Gasteiger partial charge in [-0.25, -0.2) is 0 Å². The van der Waals surface area contributed by atoms with Crippen molar-refractivity contribution in [2.75, 3.05) is 6.54 Å². The number of nitrogens with zero attached hydrogens (tertiary/aromatic N) is 2. The van der Waals surface area contributed by atoms with Gasteiger partial charge in [-0.3, -0.25) is 4.57 Å². The largest absolute Gasteiger partial charge is 0.494 e. The van der Waals surface area contributed by atoms with Crippen molar-refractivity contribution < 1.29 is 10.2 Å². The maximum Gasteiger partial charge on any atom is 0.193 e. The van der Waals surface area contributed by atoms with E-state index < -0.39 is 16.5 Å². The second-order valence-electron chi connectivity index (χ2n) is 7.05. The van der Waals surface area contributed by atoms with Crippen molar-refractivity contribution in [3.8, 4) is 11.8 Å². The van der Waals surface area contributed by atoms with Crippen LogP contribution < -0.4 is 0 Å². The number of aromatic nitrogens is 1. The minimum absolute atomic E-state index is 0.144. The van der Waals surface area contributed by atoms with Crippen LogP contribution in [0.3, 0.4) is 0 Å². The first-order valence-electron chi connectivity index (χ1n) is 6.88. The van der Waals surface area contributed by atoms with Crippen LogP contribution in [0.15, 0.2) is 12.1 Å². The van der Waals surface area contributed by atoms with Crippen LogP contribution in [0.5, 0.6) is 11.8 Å². The highest BCUT2D eigenvalue weighted by molar-refractivity contribution is 6.89. The molecule has 0 radical (unpaired) electrons. The predicted octanol–water partition coefficient (Wildman–Crippen LogP) is 3.26. The van der Waals surface area contributed by atoms with E-state index in [2.05, 4.69) is 43.5 Å². The Morgan fingerprint density at radius 2 is 1.37 bits per heavy atom. The van der Waals surface area contributed by atoms with Gasteiger partial charge in [0.15, 0.2) is 11.8 Å². The molecule has 0 aliphatic rings. The van der Waals surface area contributed by atoms with Gasteiger partial charge in [0, 0.05) is 18.7 Å². The standard InChI is InChI=1S/C13H28N2O2Si2/c1-18(2,3)15(19(4,5)6)11-7-10-14-12(16)8-9-13(14)17/h8-9,16-17H,7,10-11H2,1-6H3. The molecular formula is C13H28N2O2Si2. The SMILES string of the molecule is C[Si](C)(C)N(CCCn1c(O)ccc1O)[Si](C)(C)C. The van der Waals surface area contributed by atoms with Crippen LogP contribution in [0.25, 0.3) is 0 Å². The van der Waals surface area contributed by atoms with Gasteiger partial charge in [0.05, 0.1) is 0 Å². The fourth-order valence-corrected chi connectivity index (χ4v) is 12.4. The van der Waals surface area contributed by atoms with E-state index in [1.54, 1.807) is 4.57 Å². The van der Waals surface area contributed by atoms with Gasteiger partial charge in [0.1, 0.15) is 16.5 Å². The van der Waals surface area contributed by atoms with Crippen LogP contribution >= 0.6 is 0 Å². The van der Waals surface area contributed by atoms with Crippen LogP contribution in [-0.2, 0) is 6.54 Å². The molecule has 0 unspecified atom stereocenters. The number of hydrogen-bond acceptors (Lipinski definition) is 3. The normalized spacial score (nSPS) is 13.2. The van der Waals surface area contributed by atoms with Crippen molar-refractivity contribution in [1.82, 2.24) is 8.80 Å². The number of hydrogen-bond donors (Lipinski definition) is 2. The summed E-state index contributed by atoms with van der Waals surface area (Å²) in [6.07, 6.45) is 0.949. The maximum atomic E-state index is 9.62. The Morgan fingerprint density at radius 1 is 0.947 bits per heavy atom. The van der Waals surface area contributed by atoms with Gasteiger partial charge in [0.2, 0.25) is 0 Å². The molecule has 4 nitrogen and oxygen atoms in total. The zero-order valence-corrected chi connectivity index (χ0v) is 15.1. The van der Waals surface area contributed by atoms with Crippen molar-refractivity contribution in [2.45, 2.75) is 52.2 Å². The number of aromatic hydroxyl groups is 2. The summed E-state index contributed by atoms with van der Waals surface area (Å²) in [6, 6.07) is 3.06. The molecule has 19 heavy (non-hydrogen) atoms. The first kappa shape index (κ1) is 16.3.